The summed E-state index contributed by atoms with van der Waals surface area (Å²) in [6.45, 7) is 4.72. The zero-order valence-electron chi connectivity index (χ0n) is 16.0. The molecule has 1 heterocycles. The highest BCUT2D eigenvalue weighted by atomic mass is 35.5. The van der Waals surface area contributed by atoms with Crippen LogP contribution in [-0.2, 0) is 6.54 Å². The second-order valence-corrected chi connectivity index (χ2v) is 7.15. The Bertz CT molecular complexity index is 1040. The van der Waals surface area contributed by atoms with Crippen molar-refractivity contribution in [1.29, 1.82) is 0 Å². The molecule has 0 bridgehead atoms. The van der Waals surface area contributed by atoms with E-state index >= 15 is 0 Å². The number of carbonyl (C=O) groups is 1. The van der Waals surface area contributed by atoms with Gasteiger partial charge in [0.15, 0.2) is 5.43 Å². The topological polar surface area (TPSA) is 51.1 Å². The average molecular weight is 395 g/mol. The van der Waals surface area contributed by atoms with Gasteiger partial charge in [-0.25, -0.2) is 0 Å². The Hall–Kier alpha value is -2.85. The summed E-state index contributed by atoms with van der Waals surface area (Å²) in [6.07, 6.45) is 1.95. The molecule has 0 spiro atoms. The number of rotatable bonds is 6. The van der Waals surface area contributed by atoms with E-state index in [2.05, 4.69) is 12.2 Å². The van der Waals surface area contributed by atoms with Crippen LogP contribution in [-0.4, -0.2) is 10.5 Å². The van der Waals surface area contributed by atoms with Gasteiger partial charge in [-0.1, -0.05) is 55.3 Å². The molecule has 0 aliphatic heterocycles. The number of carbonyl (C=O) groups excluding carboxylic acids is 1. The van der Waals surface area contributed by atoms with Crippen LogP contribution in [0.25, 0.3) is 11.3 Å². The molecule has 1 N–H and O–H groups in total. The minimum absolute atomic E-state index is 0.132. The van der Waals surface area contributed by atoms with E-state index in [4.69, 9.17) is 11.6 Å². The van der Waals surface area contributed by atoms with Crippen molar-refractivity contribution in [2.24, 2.45) is 0 Å². The summed E-state index contributed by atoms with van der Waals surface area (Å²) in [7, 11) is 0. The van der Waals surface area contributed by atoms with Crippen LogP contribution in [0, 0.1) is 6.92 Å². The maximum absolute atomic E-state index is 13.1. The number of anilines is 1. The van der Waals surface area contributed by atoms with E-state index in [9.17, 15) is 9.59 Å². The highest BCUT2D eigenvalue weighted by Crippen LogP contribution is 2.27. The minimum Gasteiger partial charge on any atom is -0.344 e. The normalized spacial score (nSPS) is 10.7. The molecule has 28 heavy (non-hydrogen) atoms. The Kier molecular flexibility index (Phi) is 6.32. The highest BCUT2D eigenvalue weighted by molar-refractivity contribution is 6.30. The number of hydrogen-bond acceptors (Lipinski definition) is 2. The second kappa shape index (κ2) is 8.89. The number of amides is 1. The standard InChI is InChI=1S/C23H23ClN2O2/c1-3-4-13-26-16(2)14-20(27)21(22(26)17-9-8-10-18(24)15-17)23(28)25-19-11-6-5-7-12-19/h5-12,14-15H,3-4,13H2,1-2H3,(H,25,28). The zero-order chi connectivity index (χ0) is 20.1. The molecule has 0 aliphatic rings. The monoisotopic (exact) mass is 394 g/mol. The molecule has 0 aliphatic carbocycles. The number of halogens is 1. The summed E-state index contributed by atoms with van der Waals surface area (Å²) in [4.78, 5) is 26.0. The van der Waals surface area contributed by atoms with Crippen LogP contribution >= 0.6 is 11.6 Å². The fourth-order valence-corrected chi connectivity index (χ4v) is 3.43. The molecule has 3 aromatic rings. The molecule has 144 valence electrons. The highest BCUT2D eigenvalue weighted by Gasteiger charge is 2.22. The van der Waals surface area contributed by atoms with E-state index in [0.29, 0.717) is 16.4 Å². The van der Waals surface area contributed by atoms with Gasteiger partial charge in [0.1, 0.15) is 5.56 Å². The van der Waals surface area contributed by atoms with E-state index in [-0.39, 0.29) is 11.0 Å². The first kappa shape index (κ1) is 19.9. The molecule has 0 saturated carbocycles. The van der Waals surface area contributed by atoms with Crippen molar-refractivity contribution in [3.63, 3.8) is 0 Å². The molecular formula is C23H23ClN2O2. The van der Waals surface area contributed by atoms with E-state index in [0.717, 1.165) is 30.6 Å². The van der Waals surface area contributed by atoms with Gasteiger partial charge in [-0.05, 0) is 37.6 Å². The Labute approximate surface area is 169 Å². The van der Waals surface area contributed by atoms with Crippen molar-refractivity contribution < 1.29 is 4.79 Å². The van der Waals surface area contributed by atoms with E-state index in [1.165, 1.54) is 6.07 Å². The lowest BCUT2D eigenvalue weighted by atomic mass is 10.0. The Morgan fingerprint density at radius 1 is 1.07 bits per heavy atom. The molecular weight excluding hydrogens is 372 g/mol. The van der Waals surface area contributed by atoms with Crippen LogP contribution in [0.1, 0.15) is 35.8 Å². The summed E-state index contributed by atoms with van der Waals surface area (Å²) in [6, 6.07) is 17.9. The molecule has 2 aromatic carbocycles. The van der Waals surface area contributed by atoms with Crippen LogP contribution < -0.4 is 10.7 Å². The predicted molar refractivity (Wildman–Crippen MR) is 115 cm³/mol. The number of unbranched alkanes of at least 4 members (excludes halogenated alkanes) is 1. The van der Waals surface area contributed by atoms with Gasteiger partial charge in [-0.15, -0.1) is 0 Å². The first-order valence-electron chi connectivity index (χ1n) is 9.38. The van der Waals surface area contributed by atoms with Gasteiger partial charge in [0.2, 0.25) is 0 Å². The summed E-state index contributed by atoms with van der Waals surface area (Å²) in [5, 5.41) is 3.40. The molecule has 0 unspecified atom stereocenters. The Balaban J connectivity index is 2.20. The van der Waals surface area contributed by atoms with Crippen molar-refractivity contribution in [3.05, 3.63) is 87.2 Å². The van der Waals surface area contributed by atoms with Crippen molar-refractivity contribution in [3.8, 4) is 11.3 Å². The first-order chi connectivity index (χ1) is 13.5. The van der Waals surface area contributed by atoms with E-state index in [1.807, 2.05) is 41.8 Å². The molecule has 0 radical (unpaired) electrons. The number of para-hydroxylation sites is 1. The lowest BCUT2D eigenvalue weighted by Gasteiger charge is -2.20. The Morgan fingerprint density at radius 2 is 1.82 bits per heavy atom. The lowest BCUT2D eigenvalue weighted by Crippen LogP contribution is -2.26. The van der Waals surface area contributed by atoms with Crippen molar-refractivity contribution in [1.82, 2.24) is 4.57 Å². The predicted octanol–water partition coefficient (Wildman–Crippen LogP) is 5.53. The fourth-order valence-electron chi connectivity index (χ4n) is 3.24. The number of aryl methyl sites for hydroxylation is 1. The molecule has 0 saturated heterocycles. The SMILES string of the molecule is CCCCn1c(C)cc(=O)c(C(=O)Nc2ccccc2)c1-c1cccc(Cl)c1. The quantitative estimate of drug-likeness (QED) is 0.597. The van der Waals surface area contributed by atoms with Crippen LogP contribution in [0.4, 0.5) is 5.69 Å². The van der Waals surface area contributed by atoms with Crippen molar-refractivity contribution in [2.75, 3.05) is 5.32 Å². The largest absolute Gasteiger partial charge is 0.344 e. The maximum Gasteiger partial charge on any atom is 0.261 e. The molecule has 3 rings (SSSR count). The van der Waals surface area contributed by atoms with Gasteiger partial charge >= 0.3 is 0 Å². The van der Waals surface area contributed by atoms with Gasteiger partial charge < -0.3 is 9.88 Å². The van der Waals surface area contributed by atoms with Gasteiger partial charge in [-0.2, -0.15) is 0 Å². The maximum atomic E-state index is 13.1. The van der Waals surface area contributed by atoms with Crippen molar-refractivity contribution in [2.45, 2.75) is 33.2 Å². The van der Waals surface area contributed by atoms with Gasteiger partial charge in [0, 0.05) is 34.6 Å². The molecule has 0 atom stereocenters. The average Bonchev–Trinajstić information content (AvgIpc) is 2.67. The molecule has 4 nitrogen and oxygen atoms in total. The first-order valence-corrected chi connectivity index (χ1v) is 9.76. The minimum atomic E-state index is -0.420. The molecule has 1 aromatic heterocycles. The summed E-state index contributed by atoms with van der Waals surface area (Å²) >= 11 is 6.20. The molecule has 5 heteroatoms. The smallest absolute Gasteiger partial charge is 0.261 e. The number of hydrogen-bond donors (Lipinski definition) is 1. The fraction of sp³-hybridized carbons (Fsp3) is 0.217. The number of nitrogens with one attached hydrogen (secondary N) is 1. The van der Waals surface area contributed by atoms with Crippen LogP contribution in [0.3, 0.4) is 0 Å². The third-order valence-electron chi connectivity index (χ3n) is 4.61. The number of nitrogens with zero attached hydrogens (tertiary/aromatic N) is 1. The third-order valence-corrected chi connectivity index (χ3v) is 4.85. The van der Waals surface area contributed by atoms with Crippen LogP contribution in [0.15, 0.2) is 65.5 Å². The zero-order valence-corrected chi connectivity index (χ0v) is 16.8. The van der Waals surface area contributed by atoms with Crippen LogP contribution in [0.5, 0.6) is 0 Å². The number of pyridine rings is 1. The summed E-state index contributed by atoms with van der Waals surface area (Å²) in [5.41, 5.74) is 2.66. The van der Waals surface area contributed by atoms with Gasteiger partial charge in [0.25, 0.3) is 5.91 Å². The van der Waals surface area contributed by atoms with Crippen LogP contribution in [0.2, 0.25) is 5.02 Å². The summed E-state index contributed by atoms with van der Waals surface area (Å²) < 4.78 is 2.04. The third kappa shape index (κ3) is 4.34. The van der Waals surface area contributed by atoms with E-state index < -0.39 is 5.91 Å². The van der Waals surface area contributed by atoms with Gasteiger partial charge in [-0.3, -0.25) is 9.59 Å². The second-order valence-electron chi connectivity index (χ2n) is 6.71. The number of aromatic nitrogens is 1. The number of benzene rings is 2. The Morgan fingerprint density at radius 3 is 2.50 bits per heavy atom. The lowest BCUT2D eigenvalue weighted by molar-refractivity contribution is 0.102. The van der Waals surface area contributed by atoms with E-state index in [1.54, 1.807) is 24.3 Å². The molecule has 1 amide bonds. The molecule has 0 fully saturated rings. The van der Waals surface area contributed by atoms with Gasteiger partial charge in [0.05, 0.1) is 5.69 Å². The van der Waals surface area contributed by atoms with Crippen molar-refractivity contribution >= 4 is 23.2 Å². The summed E-state index contributed by atoms with van der Waals surface area (Å²) in [5.74, 6) is -0.420.